The Bertz CT molecular complexity index is 170. The fraction of sp³-hybridized carbons (Fsp3) is 0.875. The molecule has 0 aromatic carbocycles. The molecule has 0 unspecified atom stereocenters. The van der Waals surface area contributed by atoms with Crippen LogP contribution in [0.4, 0.5) is 0 Å². The van der Waals surface area contributed by atoms with Gasteiger partial charge in [0.1, 0.15) is 0 Å². The molecular weight excluding hydrogens is 156 g/mol. The van der Waals surface area contributed by atoms with E-state index in [4.69, 9.17) is 5.73 Å². The van der Waals surface area contributed by atoms with Gasteiger partial charge in [-0.05, 0) is 19.8 Å². The van der Waals surface area contributed by atoms with Crippen molar-refractivity contribution in [2.24, 2.45) is 5.73 Å². The van der Waals surface area contributed by atoms with Crippen LogP contribution >= 0.6 is 0 Å². The number of aliphatic hydroxyl groups excluding tert-OH is 1. The molecule has 3 N–H and O–H groups in total. The molecule has 1 rings (SSSR count). The van der Waals surface area contributed by atoms with Gasteiger partial charge in [-0.2, -0.15) is 0 Å². The van der Waals surface area contributed by atoms with Gasteiger partial charge in [-0.15, -0.1) is 0 Å². The van der Waals surface area contributed by atoms with Crippen molar-refractivity contribution in [1.82, 2.24) is 4.90 Å². The van der Waals surface area contributed by atoms with Crippen LogP contribution in [0.25, 0.3) is 0 Å². The fourth-order valence-corrected chi connectivity index (χ4v) is 1.72. The van der Waals surface area contributed by atoms with Crippen molar-refractivity contribution in [3.8, 4) is 0 Å². The van der Waals surface area contributed by atoms with Gasteiger partial charge in [0.15, 0.2) is 0 Å². The highest BCUT2D eigenvalue weighted by molar-refractivity contribution is 5.78. The third kappa shape index (κ3) is 1.76. The maximum Gasteiger partial charge on any atom is 0.236 e. The van der Waals surface area contributed by atoms with E-state index < -0.39 is 6.10 Å². The predicted octanol–water partition coefficient (Wildman–Crippen LogP) is -0.683. The molecule has 1 aliphatic rings. The summed E-state index contributed by atoms with van der Waals surface area (Å²) in [6.07, 6.45) is 1.42. The fourth-order valence-electron chi connectivity index (χ4n) is 1.72. The van der Waals surface area contributed by atoms with Gasteiger partial charge in [0, 0.05) is 6.54 Å². The van der Waals surface area contributed by atoms with Crippen LogP contribution < -0.4 is 5.73 Å². The van der Waals surface area contributed by atoms with E-state index in [0.29, 0.717) is 0 Å². The lowest BCUT2D eigenvalue weighted by molar-refractivity contribution is -0.132. The molecule has 1 saturated heterocycles. The van der Waals surface area contributed by atoms with Crippen LogP contribution in [0.2, 0.25) is 0 Å². The van der Waals surface area contributed by atoms with Gasteiger partial charge in [0.2, 0.25) is 5.91 Å². The number of hydrogen-bond donors (Lipinski definition) is 2. The summed E-state index contributed by atoms with van der Waals surface area (Å²) in [7, 11) is 0. The SMILES string of the molecule is C[C@H](O)[C@@H]1CCCN1C(=O)CN. The standard InChI is InChI=1S/C8H16N2O2/c1-6(11)7-3-2-4-10(7)8(12)5-9/h6-7,11H,2-5,9H2,1H3/t6-,7-/m0/s1. The van der Waals surface area contributed by atoms with E-state index in [2.05, 4.69) is 0 Å². The summed E-state index contributed by atoms with van der Waals surface area (Å²) < 4.78 is 0. The van der Waals surface area contributed by atoms with Crippen molar-refractivity contribution >= 4 is 5.91 Å². The minimum atomic E-state index is -0.442. The minimum absolute atomic E-state index is 0.0129. The number of amides is 1. The topological polar surface area (TPSA) is 66.6 Å². The Balaban J connectivity index is 2.57. The highest BCUT2D eigenvalue weighted by Gasteiger charge is 2.30. The third-order valence-electron chi connectivity index (χ3n) is 2.35. The summed E-state index contributed by atoms with van der Waals surface area (Å²) in [6, 6.07) is -0.0129. The summed E-state index contributed by atoms with van der Waals surface area (Å²) in [5, 5.41) is 9.33. The predicted molar refractivity (Wildman–Crippen MR) is 45.5 cm³/mol. The lowest BCUT2D eigenvalue weighted by Gasteiger charge is -2.26. The molecule has 0 spiro atoms. The Labute approximate surface area is 72.3 Å². The molecule has 4 heteroatoms. The number of nitrogens with zero attached hydrogens (tertiary/aromatic N) is 1. The molecule has 0 aliphatic carbocycles. The first-order valence-corrected chi connectivity index (χ1v) is 4.34. The van der Waals surface area contributed by atoms with E-state index in [1.54, 1.807) is 11.8 Å². The zero-order valence-corrected chi connectivity index (χ0v) is 7.36. The van der Waals surface area contributed by atoms with E-state index in [1.165, 1.54) is 0 Å². The lowest BCUT2D eigenvalue weighted by Crippen LogP contribution is -2.44. The smallest absolute Gasteiger partial charge is 0.236 e. The number of carbonyl (C=O) groups is 1. The molecule has 1 aliphatic heterocycles. The molecule has 1 heterocycles. The van der Waals surface area contributed by atoms with Crippen LogP contribution in [-0.4, -0.2) is 41.1 Å². The monoisotopic (exact) mass is 172 g/mol. The Morgan fingerprint density at radius 1 is 1.83 bits per heavy atom. The van der Waals surface area contributed by atoms with Crippen LogP contribution in [0.1, 0.15) is 19.8 Å². The van der Waals surface area contributed by atoms with Crippen LogP contribution in [0.5, 0.6) is 0 Å². The van der Waals surface area contributed by atoms with Crippen LogP contribution in [0.3, 0.4) is 0 Å². The molecule has 0 aromatic rings. The number of aliphatic hydroxyl groups is 1. The van der Waals surface area contributed by atoms with Crippen LogP contribution in [0.15, 0.2) is 0 Å². The largest absolute Gasteiger partial charge is 0.391 e. The Kier molecular flexibility index (Phi) is 3.05. The molecule has 0 bridgehead atoms. The molecule has 70 valence electrons. The highest BCUT2D eigenvalue weighted by atomic mass is 16.3. The van der Waals surface area contributed by atoms with Crippen molar-refractivity contribution in [2.75, 3.05) is 13.1 Å². The first kappa shape index (κ1) is 9.48. The first-order valence-electron chi connectivity index (χ1n) is 4.34. The summed E-state index contributed by atoms with van der Waals surface area (Å²) in [4.78, 5) is 12.9. The molecular formula is C8H16N2O2. The van der Waals surface area contributed by atoms with Gasteiger partial charge in [-0.3, -0.25) is 4.79 Å². The Morgan fingerprint density at radius 2 is 2.50 bits per heavy atom. The maximum absolute atomic E-state index is 11.2. The molecule has 4 nitrogen and oxygen atoms in total. The van der Waals surface area contributed by atoms with Gasteiger partial charge in [0.25, 0.3) is 0 Å². The Morgan fingerprint density at radius 3 is 3.00 bits per heavy atom. The maximum atomic E-state index is 11.2. The van der Waals surface area contributed by atoms with Crippen LogP contribution in [-0.2, 0) is 4.79 Å². The van der Waals surface area contributed by atoms with E-state index >= 15 is 0 Å². The van der Waals surface area contributed by atoms with Gasteiger partial charge in [0.05, 0.1) is 18.7 Å². The Hall–Kier alpha value is -0.610. The van der Waals surface area contributed by atoms with Gasteiger partial charge in [-0.25, -0.2) is 0 Å². The summed E-state index contributed by atoms with van der Waals surface area (Å²) in [6.45, 7) is 2.50. The molecule has 12 heavy (non-hydrogen) atoms. The second-order valence-corrected chi connectivity index (χ2v) is 3.24. The molecule has 0 saturated carbocycles. The average Bonchev–Trinajstić information content (AvgIpc) is 2.50. The second-order valence-electron chi connectivity index (χ2n) is 3.24. The number of rotatable bonds is 2. The number of carbonyl (C=O) groups excluding carboxylic acids is 1. The average molecular weight is 172 g/mol. The number of likely N-dealkylation sites (tertiary alicyclic amines) is 1. The van der Waals surface area contributed by atoms with Gasteiger partial charge >= 0.3 is 0 Å². The normalized spacial score (nSPS) is 25.9. The quantitative estimate of drug-likeness (QED) is 0.580. The molecule has 2 atom stereocenters. The molecule has 1 amide bonds. The van der Waals surface area contributed by atoms with Crippen molar-refractivity contribution in [3.63, 3.8) is 0 Å². The number of hydrogen-bond acceptors (Lipinski definition) is 3. The van der Waals surface area contributed by atoms with E-state index in [9.17, 15) is 9.90 Å². The van der Waals surface area contributed by atoms with Gasteiger partial charge < -0.3 is 15.7 Å². The van der Waals surface area contributed by atoms with E-state index in [0.717, 1.165) is 19.4 Å². The van der Waals surface area contributed by atoms with Crippen molar-refractivity contribution < 1.29 is 9.90 Å². The molecule has 0 aromatic heterocycles. The summed E-state index contributed by atoms with van der Waals surface area (Å²) in [5.41, 5.74) is 5.24. The van der Waals surface area contributed by atoms with Gasteiger partial charge in [-0.1, -0.05) is 0 Å². The highest BCUT2D eigenvalue weighted by Crippen LogP contribution is 2.19. The minimum Gasteiger partial charge on any atom is -0.391 e. The molecule has 1 fully saturated rings. The zero-order chi connectivity index (χ0) is 9.14. The summed E-state index contributed by atoms with van der Waals surface area (Å²) in [5.74, 6) is -0.0570. The van der Waals surface area contributed by atoms with E-state index in [-0.39, 0.29) is 18.5 Å². The van der Waals surface area contributed by atoms with Crippen molar-refractivity contribution in [3.05, 3.63) is 0 Å². The molecule has 0 radical (unpaired) electrons. The summed E-state index contributed by atoms with van der Waals surface area (Å²) >= 11 is 0. The van der Waals surface area contributed by atoms with Crippen molar-refractivity contribution in [2.45, 2.75) is 31.9 Å². The third-order valence-corrected chi connectivity index (χ3v) is 2.35. The zero-order valence-electron chi connectivity index (χ0n) is 7.36. The van der Waals surface area contributed by atoms with Crippen LogP contribution in [0, 0.1) is 0 Å². The van der Waals surface area contributed by atoms with E-state index in [1.807, 2.05) is 0 Å². The first-order chi connectivity index (χ1) is 5.66. The van der Waals surface area contributed by atoms with Crippen molar-refractivity contribution in [1.29, 1.82) is 0 Å². The second kappa shape index (κ2) is 3.87. The lowest BCUT2D eigenvalue weighted by atomic mass is 10.1. The number of nitrogens with two attached hydrogens (primary N) is 1.